The van der Waals surface area contributed by atoms with Gasteiger partial charge in [0.2, 0.25) is 5.16 Å². The van der Waals surface area contributed by atoms with E-state index in [1.165, 1.54) is 11.8 Å². The molecule has 0 radical (unpaired) electrons. The number of tetrazole rings is 1. The van der Waals surface area contributed by atoms with Gasteiger partial charge in [0, 0.05) is 4.88 Å². The van der Waals surface area contributed by atoms with E-state index in [1.807, 2.05) is 52.0 Å². The normalized spacial score (nSPS) is 12.6. The Morgan fingerprint density at radius 1 is 1.26 bits per heavy atom. The van der Waals surface area contributed by atoms with Crippen molar-refractivity contribution in [2.75, 3.05) is 0 Å². The van der Waals surface area contributed by atoms with Crippen molar-refractivity contribution in [1.29, 1.82) is 0 Å². The van der Waals surface area contributed by atoms with Gasteiger partial charge in [0.25, 0.3) is 5.56 Å². The molecule has 4 rings (SSSR count). The van der Waals surface area contributed by atoms with Crippen LogP contribution in [-0.2, 0) is 0 Å². The van der Waals surface area contributed by atoms with Crippen LogP contribution in [0.5, 0.6) is 0 Å². The minimum atomic E-state index is -0.112. The Labute approximate surface area is 163 Å². The highest BCUT2D eigenvalue weighted by molar-refractivity contribution is 7.99. The molecule has 3 heterocycles. The first-order valence-electron chi connectivity index (χ1n) is 8.46. The molecule has 0 saturated carbocycles. The minimum Gasteiger partial charge on any atom is -0.309 e. The third kappa shape index (κ3) is 3.28. The molecule has 0 aliphatic carbocycles. The second-order valence-corrected chi connectivity index (χ2v) is 8.90. The van der Waals surface area contributed by atoms with Gasteiger partial charge in [0.15, 0.2) is 0 Å². The zero-order chi connectivity index (χ0) is 19.1. The second kappa shape index (κ2) is 6.90. The molecule has 4 aromatic rings. The molecular formula is C18H18N6OS2. The highest BCUT2D eigenvalue weighted by Crippen LogP contribution is 2.34. The van der Waals surface area contributed by atoms with Gasteiger partial charge in [-0.2, -0.15) is 4.68 Å². The Bertz CT molecular complexity index is 1190. The number of aryl methyl sites for hydroxylation is 3. The van der Waals surface area contributed by atoms with Crippen molar-refractivity contribution < 1.29 is 0 Å². The zero-order valence-electron chi connectivity index (χ0n) is 15.3. The van der Waals surface area contributed by atoms with Crippen molar-refractivity contribution in [2.24, 2.45) is 0 Å². The predicted molar refractivity (Wildman–Crippen MR) is 108 cm³/mol. The molecule has 3 aromatic heterocycles. The number of fused-ring (bicyclic) bond motifs is 1. The molecule has 1 N–H and O–H groups in total. The van der Waals surface area contributed by atoms with Crippen molar-refractivity contribution >= 4 is 33.3 Å². The number of H-pyrrole nitrogens is 1. The van der Waals surface area contributed by atoms with E-state index in [0.717, 1.165) is 26.5 Å². The summed E-state index contributed by atoms with van der Waals surface area (Å²) in [6, 6.07) is 7.98. The third-order valence-electron chi connectivity index (χ3n) is 4.41. The number of thiophene rings is 1. The molecule has 0 bridgehead atoms. The standard InChI is InChI=1S/C18H18N6OS2/c1-9-6-5-7-13(8-9)24-18(21-22-23-24)27-12(4)15-19-16(25)14-10(2)11(3)26-17(14)20-15/h5-8,12H,1-4H3,(H,19,20,25). The number of nitrogens with one attached hydrogen (secondary N) is 1. The highest BCUT2D eigenvalue weighted by atomic mass is 32.2. The SMILES string of the molecule is Cc1cccc(-n2nnnc2SC(C)c2nc3sc(C)c(C)c3c(=O)[nH]2)c1. The number of nitrogens with zero attached hydrogens (tertiary/aromatic N) is 5. The van der Waals surface area contributed by atoms with Gasteiger partial charge in [-0.15, -0.1) is 16.4 Å². The van der Waals surface area contributed by atoms with E-state index in [1.54, 1.807) is 16.0 Å². The molecule has 0 saturated heterocycles. The highest BCUT2D eigenvalue weighted by Gasteiger charge is 2.19. The fourth-order valence-electron chi connectivity index (χ4n) is 2.85. The number of benzene rings is 1. The molecule has 0 aliphatic rings. The fourth-order valence-corrected chi connectivity index (χ4v) is 4.75. The van der Waals surface area contributed by atoms with Crippen molar-refractivity contribution in [2.45, 2.75) is 38.1 Å². The first-order valence-corrected chi connectivity index (χ1v) is 10.2. The first-order chi connectivity index (χ1) is 12.9. The zero-order valence-corrected chi connectivity index (χ0v) is 17.0. The summed E-state index contributed by atoms with van der Waals surface area (Å²) in [6.07, 6.45) is 0. The van der Waals surface area contributed by atoms with Gasteiger partial charge in [-0.1, -0.05) is 23.9 Å². The molecule has 138 valence electrons. The molecule has 0 spiro atoms. The number of aromatic amines is 1. The van der Waals surface area contributed by atoms with Crippen LogP contribution in [0.1, 0.15) is 34.0 Å². The van der Waals surface area contributed by atoms with Gasteiger partial charge < -0.3 is 4.98 Å². The van der Waals surface area contributed by atoms with Gasteiger partial charge in [-0.3, -0.25) is 4.79 Å². The van der Waals surface area contributed by atoms with Crippen LogP contribution >= 0.6 is 23.1 Å². The third-order valence-corrected chi connectivity index (χ3v) is 6.56. The molecule has 0 amide bonds. The van der Waals surface area contributed by atoms with E-state index >= 15 is 0 Å². The van der Waals surface area contributed by atoms with E-state index in [0.29, 0.717) is 16.4 Å². The largest absolute Gasteiger partial charge is 0.309 e. The van der Waals surface area contributed by atoms with Crippen LogP contribution < -0.4 is 5.56 Å². The molecule has 7 nitrogen and oxygen atoms in total. The van der Waals surface area contributed by atoms with Crippen LogP contribution in [0.15, 0.2) is 34.2 Å². The maximum atomic E-state index is 12.5. The Kier molecular flexibility index (Phi) is 4.56. The van der Waals surface area contributed by atoms with Crippen LogP contribution in [0.3, 0.4) is 0 Å². The summed E-state index contributed by atoms with van der Waals surface area (Å²) in [7, 11) is 0. The first kappa shape index (κ1) is 17.9. The van der Waals surface area contributed by atoms with Gasteiger partial charge in [-0.25, -0.2) is 4.98 Å². The smallest absolute Gasteiger partial charge is 0.259 e. The van der Waals surface area contributed by atoms with Crippen LogP contribution in [0.25, 0.3) is 15.9 Å². The molecule has 1 atom stereocenters. The Morgan fingerprint density at radius 2 is 2.07 bits per heavy atom. The summed E-state index contributed by atoms with van der Waals surface area (Å²) in [6.45, 7) is 7.98. The lowest BCUT2D eigenvalue weighted by atomic mass is 10.2. The van der Waals surface area contributed by atoms with Gasteiger partial charge in [-0.05, 0) is 61.4 Å². The van der Waals surface area contributed by atoms with Crippen LogP contribution in [0.4, 0.5) is 0 Å². The van der Waals surface area contributed by atoms with Crippen molar-refractivity contribution in [3.05, 3.63) is 56.4 Å². The maximum absolute atomic E-state index is 12.5. The van der Waals surface area contributed by atoms with Crippen LogP contribution in [0, 0.1) is 20.8 Å². The molecule has 1 unspecified atom stereocenters. The molecule has 27 heavy (non-hydrogen) atoms. The number of aromatic nitrogens is 6. The average Bonchev–Trinajstić information content (AvgIpc) is 3.19. The molecule has 0 aliphatic heterocycles. The molecular weight excluding hydrogens is 380 g/mol. The van der Waals surface area contributed by atoms with Gasteiger partial charge in [0.05, 0.1) is 16.3 Å². The fraction of sp³-hybridized carbons (Fsp3) is 0.278. The quantitative estimate of drug-likeness (QED) is 0.527. The Balaban J connectivity index is 1.68. The topological polar surface area (TPSA) is 89.3 Å². The van der Waals surface area contributed by atoms with Crippen LogP contribution in [-0.4, -0.2) is 30.2 Å². The van der Waals surface area contributed by atoms with E-state index in [-0.39, 0.29) is 10.8 Å². The second-order valence-electron chi connectivity index (χ2n) is 6.39. The van der Waals surface area contributed by atoms with Crippen LogP contribution in [0.2, 0.25) is 0 Å². The molecule has 9 heteroatoms. The maximum Gasteiger partial charge on any atom is 0.259 e. The summed E-state index contributed by atoms with van der Waals surface area (Å²) in [5.74, 6) is 0.623. The van der Waals surface area contributed by atoms with E-state index < -0.39 is 0 Å². The summed E-state index contributed by atoms with van der Waals surface area (Å²) in [4.78, 5) is 22.0. The monoisotopic (exact) mass is 398 g/mol. The van der Waals surface area contributed by atoms with Gasteiger partial charge in [0.1, 0.15) is 10.7 Å². The van der Waals surface area contributed by atoms with E-state index in [9.17, 15) is 4.79 Å². The lowest BCUT2D eigenvalue weighted by molar-refractivity contribution is 0.753. The number of hydrogen-bond acceptors (Lipinski definition) is 7. The number of rotatable bonds is 4. The lowest BCUT2D eigenvalue weighted by Crippen LogP contribution is -2.12. The lowest BCUT2D eigenvalue weighted by Gasteiger charge is -2.10. The summed E-state index contributed by atoms with van der Waals surface area (Å²) in [5, 5.41) is 13.3. The van der Waals surface area contributed by atoms with Crippen molar-refractivity contribution in [3.63, 3.8) is 0 Å². The van der Waals surface area contributed by atoms with Gasteiger partial charge >= 0.3 is 0 Å². The number of thioether (sulfide) groups is 1. The van der Waals surface area contributed by atoms with E-state index in [2.05, 4.69) is 25.5 Å². The van der Waals surface area contributed by atoms with E-state index in [4.69, 9.17) is 0 Å². The summed E-state index contributed by atoms with van der Waals surface area (Å²) in [5.41, 5.74) is 2.93. The summed E-state index contributed by atoms with van der Waals surface area (Å²) < 4.78 is 1.70. The van der Waals surface area contributed by atoms with Crippen molar-refractivity contribution in [1.82, 2.24) is 30.2 Å². The average molecular weight is 399 g/mol. The summed E-state index contributed by atoms with van der Waals surface area (Å²) >= 11 is 3.01. The Morgan fingerprint density at radius 3 is 2.85 bits per heavy atom. The molecule has 1 aromatic carbocycles. The predicted octanol–water partition coefficient (Wildman–Crippen LogP) is 3.74. The number of hydrogen-bond donors (Lipinski definition) is 1. The van der Waals surface area contributed by atoms with Crippen molar-refractivity contribution in [3.8, 4) is 5.69 Å². The molecule has 0 fully saturated rings. The minimum absolute atomic E-state index is 0.0948. The Hall–Kier alpha value is -2.52.